The predicted molar refractivity (Wildman–Crippen MR) is 95.2 cm³/mol. The Bertz CT molecular complexity index is 605. The molecule has 1 saturated heterocycles. The molecule has 0 aromatic heterocycles. The number of amides is 2. The summed E-state index contributed by atoms with van der Waals surface area (Å²) in [6.45, 7) is 5.57. The van der Waals surface area contributed by atoms with Crippen LogP contribution in [0.25, 0.3) is 0 Å². The second kappa shape index (κ2) is 8.97. The second-order valence-corrected chi connectivity index (χ2v) is 6.36. The van der Waals surface area contributed by atoms with Gasteiger partial charge in [-0.05, 0) is 24.5 Å². The summed E-state index contributed by atoms with van der Waals surface area (Å²) >= 11 is 0. The van der Waals surface area contributed by atoms with E-state index >= 15 is 0 Å². The van der Waals surface area contributed by atoms with Crippen molar-refractivity contribution in [3.8, 4) is 0 Å². The number of hydrogen-bond acceptors (Lipinski definition) is 4. The number of benzene rings is 1. The number of carbonyl (C=O) groups is 2. The van der Waals surface area contributed by atoms with Crippen LogP contribution in [0.1, 0.15) is 30.5 Å². The van der Waals surface area contributed by atoms with Gasteiger partial charge < -0.3 is 19.3 Å². The molecule has 0 saturated carbocycles. The monoisotopic (exact) mass is 348 g/mol. The minimum atomic E-state index is -0.702. The largest absolute Gasteiger partial charge is 0.383 e. The van der Waals surface area contributed by atoms with Gasteiger partial charge in [-0.2, -0.15) is 0 Å². The van der Waals surface area contributed by atoms with Crippen LogP contribution in [0.15, 0.2) is 24.3 Å². The second-order valence-electron chi connectivity index (χ2n) is 6.36. The molecule has 0 spiro atoms. The van der Waals surface area contributed by atoms with Gasteiger partial charge in [-0.25, -0.2) is 0 Å². The number of rotatable bonds is 7. The first-order valence-electron chi connectivity index (χ1n) is 8.71. The van der Waals surface area contributed by atoms with E-state index in [9.17, 15) is 9.59 Å². The first-order valence-corrected chi connectivity index (χ1v) is 8.71. The lowest BCUT2D eigenvalue weighted by Crippen LogP contribution is -2.54. The molecular formula is C19H28N2O4. The number of morpholine rings is 1. The standard InChI is InChI=1S/C19H28N2O4/c1-5-10-21(11-12-24-4)19(23)18-17(20(3)16(22)13-25-18)15-9-7-6-8-14(15)2/h6-9,17-18H,5,10-13H2,1-4H3. The first kappa shape index (κ1) is 19.4. The van der Waals surface area contributed by atoms with Crippen molar-refractivity contribution in [3.63, 3.8) is 0 Å². The lowest BCUT2D eigenvalue weighted by Gasteiger charge is -2.40. The maximum atomic E-state index is 13.1. The minimum absolute atomic E-state index is 0.0699. The van der Waals surface area contributed by atoms with Gasteiger partial charge in [0, 0.05) is 27.2 Å². The topological polar surface area (TPSA) is 59.1 Å². The highest BCUT2D eigenvalue weighted by Gasteiger charge is 2.42. The molecule has 0 radical (unpaired) electrons. The van der Waals surface area contributed by atoms with Crippen molar-refractivity contribution in [2.45, 2.75) is 32.4 Å². The van der Waals surface area contributed by atoms with E-state index in [1.807, 2.05) is 38.1 Å². The molecule has 0 N–H and O–H groups in total. The fraction of sp³-hybridized carbons (Fsp3) is 0.579. The molecule has 1 aliphatic rings. The van der Waals surface area contributed by atoms with Gasteiger partial charge in [-0.15, -0.1) is 0 Å². The number of hydrogen-bond donors (Lipinski definition) is 0. The van der Waals surface area contributed by atoms with Crippen molar-refractivity contribution >= 4 is 11.8 Å². The normalized spacial score (nSPS) is 20.6. The maximum Gasteiger partial charge on any atom is 0.254 e. The molecule has 2 atom stereocenters. The van der Waals surface area contributed by atoms with Gasteiger partial charge in [0.15, 0.2) is 6.10 Å². The molecule has 6 nitrogen and oxygen atoms in total. The number of methoxy groups -OCH3 is 1. The fourth-order valence-corrected chi connectivity index (χ4v) is 3.19. The van der Waals surface area contributed by atoms with Crippen LogP contribution < -0.4 is 0 Å². The van der Waals surface area contributed by atoms with E-state index < -0.39 is 12.1 Å². The number of ether oxygens (including phenoxy) is 2. The predicted octanol–water partition coefficient (Wildman–Crippen LogP) is 1.78. The summed E-state index contributed by atoms with van der Waals surface area (Å²) in [5, 5.41) is 0. The van der Waals surface area contributed by atoms with Crippen LogP contribution in [0.4, 0.5) is 0 Å². The molecule has 2 rings (SSSR count). The molecule has 0 bridgehead atoms. The van der Waals surface area contributed by atoms with Crippen molar-refractivity contribution in [2.24, 2.45) is 0 Å². The van der Waals surface area contributed by atoms with E-state index in [0.717, 1.165) is 17.5 Å². The Morgan fingerprint density at radius 2 is 2.08 bits per heavy atom. The average Bonchev–Trinajstić information content (AvgIpc) is 2.61. The van der Waals surface area contributed by atoms with Gasteiger partial charge in [0.05, 0.1) is 12.6 Å². The summed E-state index contributed by atoms with van der Waals surface area (Å²) < 4.78 is 10.9. The van der Waals surface area contributed by atoms with Gasteiger partial charge in [0.2, 0.25) is 5.91 Å². The highest BCUT2D eigenvalue weighted by molar-refractivity contribution is 5.86. The molecule has 1 aromatic rings. The quantitative estimate of drug-likeness (QED) is 0.754. The number of likely N-dealkylation sites (N-methyl/N-ethyl adjacent to an activating group) is 1. The summed E-state index contributed by atoms with van der Waals surface area (Å²) in [6.07, 6.45) is 0.151. The lowest BCUT2D eigenvalue weighted by atomic mass is 9.93. The Morgan fingerprint density at radius 3 is 2.72 bits per heavy atom. The van der Waals surface area contributed by atoms with Crippen molar-refractivity contribution in [3.05, 3.63) is 35.4 Å². The van der Waals surface area contributed by atoms with Crippen LogP contribution in [-0.2, 0) is 19.1 Å². The van der Waals surface area contributed by atoms with E-state index in [1.54, 1.807) is 24.0 Å². The van der Waals surface area contributed by atoms with E-state index in [4.69, 9.17) is 9.47 Å². The van der Waals surface area contributed by atoms with E-state index in [-0.39, 0.29) is 18.4 Å². The third-order valence-electron chi connectivity index (χ3n) is 4.60. The number of aryl methyl sites for hydroxylation is 1. The average molecular weight is 348 g/mol. The molecule has 1 heterocycles. The Balaban J connectivity index is 2.33. The van der Waals surface area contributed by atoms with Crippen LogP contribution in [-0.4, -0.2) is 68.2 Å². The Morgan fingerprint density at radius 1 is 1.36 bits per heavy atom. The van der Waals surface area contributed by atoms with Crippen LogP contribution in [0.3, 0.4) is 0 Å². The summed E-state index contributed by atoms with van der Waals surface area (Å²) in [6, 6.07) is 7.39. The van der Waals surface area contributed by atoms with E-state index in [0.29, 0.717) is 19.7 Å². The summed E-state index contributed by atoms with van der Waals surface area (Å²) in [5.41, 5.74) is 1.98. The lowest BCUT2D eigenvalue weighted by molar-refractivity contribution is -0.167. The van der Waals surface area contributed by atoms with Gasteiger partial charge >= 0.3 is 0 Å². The Hall–Kier alpha value is -1.92. The summed E-state index contributed by atoms with van der Waals surface area (Å²) in [4.78, 5) is 28.7. The summed E-state index contributed by atoms with van der Waals surface area (Å²) in [5.74, 6) is -0.206. The molecule has 0 aliphatic carbocycles. The number of carbonyl (C=O) groups excluding carboxylic acids is 2. The minimum Gasteiger partial charge on any atom is -0.383 e. The van der Waals surface area contributed by atoms with Gasteiger partial charge in [-0.1, -0.05) is 31.2 Å². The zero-order valence-electron chi connectivity index (χ0n) is 15.5. The van der Waals surface area contributed by atoms with Crippen LogP contribution >= 0.6 is 0 Å². The highest BCUT2D eigenvalue weighted by atomic mass is 16.5. The molecule has 2 amide bonds. The van der Waals surface area contributed by atoms with Crippen LogP contribution in [0.5, 0.6) is 0 Å². The van der Waals surface area contributed by atoms with Crippen molar-refractivity contribution in [1.82, 2.24) is 9.80 Å². The molecule has 2 unspecified atom stereocenters. The van der Waals surface area contributed by atoms with Crippen LogP contribution in [0, 0.1) is 6.92 Å². The van der Waals surface area contributed by atoms with Gasteiger partial charge in [-0.3, -0.25) is 9.59 Å². The molecule has 6 heteroatoms. The summed E-state index contributed by atoms with van der Waals surface area (Å²) in [7, 11) is 3.36. The van der Waals surface area contributed by atoms with Crippen molar-refractivity contribution < 1.29 is 19.1 Å². The van der Waals surface area contributed by atoms with Gasteiger partial charge in [0.25, 0.3) is 5.91 Å². The molecule has 1 fully saturated rings. The number of nitrogens with zero attached hydrogens (tertiary/aromatic N) is 2. The zero-order valence-corrected chi connectivity index (χ0v) is 15.5. The third-order valence-corrected chi connectivity index (χ3v) is 4.60. The van der Waals surface area contributed by atoms with E-state index in [1.165, 1.54) is 0 Å². The van der Waals surface area contributed by atoms with E-state index in [2.05, 4.69) is 0 Å². The molecule has 1 aromatic carbocycles. The highest BCUT2D eigenvalue weighted by Crippen LogP contribution is 2.32. The maximum absolute atomic E-state index is 13.1. The molecule has 138 valence electrons. The molecule has 25 heavy (non-hydrogen) atoms. The fourth-order valence-electron chi connectivity index (χ4n) is 3.19. The third kappa shape index (κ3) is 4.38. The Labute approximate surface area is 149 Å². The van der Waals surface area contributed by atoms with Crippen molar-refractivity contribution in [2.75, 3.05) is 40.5 Å². The first-order chi connectivity index (χ1) is 12.0. The van der Waals surface area contributed by atoms with Gasteiger partial charge in [0.1, 0.15) is 6.61 Å². The van der Waals surface area contributed by atoms with Crippen LogP contribution in [0.2, 0.25) is 0 Å². The molecular weight excluding hydrogens is 320 g/mol. The smallest absolute Gasteiger partial charge is 0.254 e. The van der Waals surface area contributed by atoms with Crippen molar-refractivity contribution in [1.29, 1.82) is 0 Å². The molecule has 1 aliphatic heterocycles. The SMILES string of the molecule is CCCN(CCOC)C(=O)C1OCC(=O)N(C)C1c1ccccc1C. The zero-order chi connectivity index (χ0) is 18.4. The Kier molecular flexibility index (Phi) is 6.96.